The SMILES string of the molecule is C[C@@H]1N[P@@](=O)(Oc2ccccc2)OCC2OC(n3ccc(=O)n(c3=O)C(=O)CCCCCCCOC1=O)[C@](C)(F)[C@@H]2O. The van der Waals surface area contributed by atoms with Crippen LogP contribution < -0.4 is 20.9 Å². The van der Waals surface area contributed by atoms with Crippen LogP contribution in [0.1, 0.15) is 63.4 Å². The fraction of sp³-hybridized carbons (Fsp3) is 0.556. The van der Waals surface area contributed by atoms with E-state index in [1.807, 2.05) is 0 Å². The number of nitrogens with zero attached hydrogens (tertiary/aromatic N) is 2. The molecule has 2 aliphatic heterocycles. The van der Waals surface area contributed by atoms with Gasteiger partial charge in [-0.15, -0.1) is 0 Å². The number of carbonyl (C=O) groups is 2. The van der Waals surface area contributed by atoms with Gasteiger partial charge >= 0.3 is 19.4 Å². The number of aliphatic hydroxyl groups is 1. The predicted molar refractivity (Wildman–Crippen MR) is 147 cm³/mol. The second-order valence-electron chi connectivity index (χ2n) is 10.4. The van der Waals surface area contributed by atoms with E-state index in [2.05, 4.69) is 5.09 Å². The monoisotopic (exact) mass is 611 g/mol. The lowest BCUT2D eigenvalue weighted by atomic mass is 9.98. The summed E-state index contributed by atoms with van der Waals surface area (Å²) in [5.74, 6) is -1.32. The number of fused-ring (bicyclic) bond motifs is 5. The molecule has 0 spiro atoms. The van der Waals surface area contributed by atoms with Gasteiger partial charge in [0.1, 0.15) is 24.0 Å². The molecule has 0 radical (unpaired) electrons. The summed E-state index contributed by atoms with van der Waals surface area (Å²) in [6.07, 6.45) is -1.28. The van der Waals surface area contributed by atoms with E-state index in [0.29, 0.717) is 36.7 Å². The number of hydrogen-bond donors (Lipinski definition) is 2. The summed E-state index contributed by atoms with van der Waals surface area (Å²) in [6, 6.07) is 7.77. The number of alkyl halides is 1. The molecule has 230 valence electrons. The number of hydrogen-bond acceptors (Lipinski definition) is 10. The Bertz CT molecular complexity index is 1430. The third-order valence-corrected chi connectivity index (χ3v) is 8.74. The number of aliphatic hydroxyl groups excluding tert-OH is 1. The number of para-hydroxylation sites is 1. The Kier molecular flexibility index (Phi) is 10.2. The molecule has 2 aliphatic rings. The highest BCUT2D eigenvalue weighted by Crippen LogP contribution is 2.47. The number of benzene rings is 1. The van der Waals surface area contributed by atoms with E-state index in [9.17, 15) is 28.8 Å². The van der Waals surface area contributed by atoms with Crippen LogP contribution in [0, 0.1) is 0 Å². The van der Waals surface area contributed by atoms with E-state index in [0.717, 1.165) is 23.8 Å². The van der Waals surface area contributed by atoms with Crippen molar-refractivity contribution in [1.29, 1.82) is 0 Å². The summed E-state index contributed by atoms with van der Waals surface area (Å²) in [5.41, 5.74) is -4.60. The number of rotatable bonds is 2. The molecule has 1 aromatic heterocycles. The molecule has 2 N–H and O–H groups in total. The summed E-state index contributed by atoms with van der Waals surface area (Å²) in [6.45, 7) is 1.81. The van der Waals surface area contributed by atoms with Gasteiger partial charge in [-0.25, -0.2) is 13.8 Å². The van der Waals surface area contributed by atoms with E-state index in [1.54, 1.807) is 18.2 Å². The highest BCUT2D eigenvalue weighted by molar-refractivity contribution is 7.52. The minimum absolute atomic E-state index is 0.0917. The summed E-state index contributed by atoms with van der Waals surface area (Å²) in [5, 5.41) is 13.3. The van der Waals surface area contributed by atoms with Crippen LogP contribution in [0.15, 0.2) is 52.2 Å². The molecule has 6 atom stereocenters. The lowest BCUT2D eigenvalue weighted by molar-refractivity contribution is -0.145. The van der Waals surface area contributed by atoms with Crippen LogP contribution in [-0.2, 0) is 23.4 Å². The first kappa shape index (κ1) is 31.8. The molecule has 1 fully saturated rings. The lowest BCUT2D eigenvalue weighted by Gasteiger charge is -2.25. The number of aromatic nitrogens is 2. The molecular formula is C27H35FN3O10P. The molecule has 4 rings (SSSR count). The first-order valence-corrected chi connectivity index (χ1v) is 15.3. The van der Waals surface area contributed by atoms with Gasteiger partial charge in [-0.1, -0.05) is 37.5 Å². The van der Waals surface area contributed by atoms with E-state index in [1.165, 1.54) is 19.1 Å². The normalized spacial score (nSPS) is 32.0. The first-order chi connectivity index (χ1) is 19.9. The molecule has 1 aromatic carbocycles. The van der Waals surface area contributed by atoms with Crippen LogP contribution in [0.2, 0.25) is 0 Å². The van der Waals surface area contributed by atoms with Crippen molar-refractivity contribution in [3.63, 3.8) is 0 Å². The minimum Gasteiger partial charge on any atom is -0.465 e. The summed E-state index contributed by atoms with van der Waals surface area (Å²) in [4.78, 5) is 51.0. The van der Waals surface area contributed by atoms with Crippen molar-refractivity contribution in [1.82, 2.24) is 14.2 Å². The highest BCUT2D eigenvalue weighted by Gasteiger charge is 2.56. The second-order valence-corrected chi connectivity index (χ2v) is 12.1. The van der Waals surface area contributed by atoms with Crippen LogP contribution in [0.25, 0.3) is 0 Å². The molecule has 0 amide bonds. The Hall–Kier alpha value is -3.16. The molecule has 4 bridgehead atoms. The van der Waals surface area contributed by atoms with Crippen LogP contribution in [0.4, 0.5) is 4.39 Å². The van der Waals surface area contributed by atoms with Gasteiger partial charge in [0, 0.05) is 18.7 Å². The Morgan fingerprint density at radius 1 is 1.07 bits per heavy atom. The summed E-state index contributed by atoms with van der Waals surface area (Å²) >= 11 is 0. The quantitative estimate of drug-likeness (QED) is 0.379. The average molecular weight is 612 g/mol. The predicted octanol–water partition coefficient (Wildman–Crippen LogP) is 2.72. The Labute approximate surface area is 241 Å². The van der Waals surface area contributed by atoms with Crippen molar-refractivity contribution in [3.8, 4) is 5.75 Å². The van der Waals surface area contributed by atoms with Crippen molar-refractivity contribution in [2.75, 3.05) is 13.2 Å². The van der Waals surface area contributed by atoms with Crippen molar-refractivity contribution in [3.05, 3.63) is 63.4 Å². The number of esters is 1. The molecule has 2 unspecified atom stereocenters. The fourth-order valence-corrected chi connectivity index (χ4v) is 6.24. The number of halogens is 1. The van der Waals surface area contributed by atoms with Crippen LogP contribution in [0.3, 0.4) is 0 Å². The number of cyclic esters (lactones) is 1. The van der Waals surface area contributed by atoms with Gasteiger partial charge in [0.05, 0.1) is 13.2 Å². The van der Waals surface area contributed by atoms with Gasteiger partial charge in [-0.3, -0.25) is 23.5 Å². The van der Waals surface area contributed by atoms with Crippen LogP contribution in [-0.4, -0.2) is 63.2 Å². The molecule has 0 saturated carbocycles. The van der Waals surface area contributed by atoms with Gasteiger partial charge in [-0.05, 0) is 38.8 Å². The number of nitrogens with one attached hydrogen (secondary N) is 1. The molecule has 2 aromatic rings. The maximum atomic E-state index is 15.9. The van der Waals surface area contributed by atoms with Crippen molar-refractivity contribution >= 4 is 19.6 Å². The highest BCUT2D eigenvalue weighted by atomic mass is 31.2. The minimum atomic E-state index is -4.37. The topological polar surface area (TPSA) is 164 Å². The maximum absolute atomic E-state index is 15.9. The third kappa shape index (κ3) is 7.24. The van der Waals surface area contributed by atoms with Crippen LogP contribution >= 0.6 is 7.75 Å². The number of ether oxygens (including phenoxy) is 2. The molecule has 42 heavy (non-hydrogen) atoms. The van der Waals surface area contributed by atoms with Gasteiger partial charge in [0.15, 0.2) is 11.9 Å². The van der Waals surface area contributed by atoms with Crippen molar-refractivity contribution < 1.29 is 42.2 Å². The van der Waals surface area contributed by atoms with E-state index < -0.39 is 67.6 Å². The molecular weight excluding hydrogens is 576 g/mol. The molecule has 13 nitrogen and oxygen atoms in total. The smallest absolute Gasteiger partial charge is 0.459 e. The fourth-order valence-electron chi connectivity index (χ4n) is 4.74. The van der Waals surface area contributed by atoms with Gasteiger partial charge in [0.2, 0.25) is 5.91 Å². The summed E-state index contributed by atoms with van der Waals surface area (Å²) in [7, 11) is -4.37. The van der Waals surface area contributed by atoms with Crippen molar-refractivity contribution in [2.45, 2.75) is 82.5 Å². The largest absolute Gasteiger partial charge is 0.465 e. The Balaban J connectivity index is 1.65. The third-order valence-electron chi connectivity index (χ3n) is 7.09. The van der Waals surface area contributed by atoms with Gasteiger partial charge in [0.25, 0.3) is 5.56 Å². The maximum Gasteiger partial charge on any atom is 0.459 e. The molecule has 3 heterocycles. The molecule has 15 heteroatoms. The second kappa shape index (κ2) is 13.4. The first-order valence-electron chi connectivity index (χ1n) is 13.8. The zero-order valence-electron chi connectivity index (χ0n) is 23.3. The standard InChI is InChI=1S/C27H35FN3O10P/c1-18-24(35)38-16-10-5-3-4-9-13-21(32)31-22(33)14-15-30(26(31)36)25-27(2,28)23(34)20(40-25)17-39-42(37,29-18)41-19-11-7-6-8-12-19/h6-8,11-12,14-15,18,20,23,25,34H,3-5,9-10,13,16-17H2,1-2H3,(H,29,37)/t18-,20?,23+,25?,27+,42-/m0/s1. The average Bonchev–Trinajstić information content (AvgIpc) is 3.16. The zero-order valence-corrected chi connectivity index (χ0v) is 24.2. The number of carbonyl (C=O) groups excluding carboxylic acids is 2. The zero-order chi connectivity index (χ0) is 30.5. The molecule has 0 aliphatic carbocycles. The van der Waals surface area contributed by atoms with E-state index in [-0.39, 0.29) is 18.8 Å². The summed E-state index contributed by atoms with van der Waals surface area (Å²) < 4.78 is 52.9. The van der Waals surface area contributed by atoms with Crippen molar-refractivity contribution in [2.24, 2.45) is 0 Å². The Morgan fingerprint density at radius 3 is 2.50 bits per heavy atom. The molecule has 1 saturated heterocycles. The van der Waals surface area contributed by atoms with Crippen LogP contribution in [0.5, 0.6) is 5.75 Å². The van der Waals surface area contributed by atoms with Gasteiger partial charge in [-0.2, -0.15) is 9.65 Å². The van der Waals surface area contributed by atoms with Gasteiger partial charge < -0.3 is 19.1 Å². The lowest BCUT2D eigenvalue weighted by Crippen LogP contribution is -2.48. The Morgan fingerprint density at radius 2 is 1.76 bits per heavy atom. The van der Waals surface area contributed by atoms with E-state index >= 15 is 4.39 Å². The van der Waals surface area contributed by atoms with E-state index in [4.69, 9.17) is 18.5 Å².